The van der Waals surface area contributed by atoms with E-state index in [0.29, 0.717) is 20.4 Å². The van der Waals surface area contributed by atoms with Gasteiger partial charge in [0.25, 0.3) is 0 Å². The molecule has 0 aliphatic rings. The fourth-order valence-corrected chi connectivity index (χ4v) is 11.1. The van der Waals surface area contributed by atoms with Gasteiger partial charge in [0.05, 0.1) is 11.3 Å². The van der Waals surface area contributed by atoms with Crippen molar-refractivity contribution in [3.05, 3.63) is 175 Å². The Hall–Kier alpha value is -5.21. The van der Waals surface area contributed by atoms with E-state index in [-0.39, 0.29) is 11.3 Å². The van der Waals surface area contributed by atoms with Crippen LogP contribution in [0.4, 0.5) is 0 Å². The van der Waals surface area contributed by atoms with E-state index in [0.717, 1.165) is 32.7 Å². The third-order valence-corrected chi connectivity index (χ3v) is 13.4. The summed E-state index contributed by atoms with van der Waals surface area (Å²) in [6, 6.07) is 50.6. The Balaban J connectivity index is 1.25. The third-order valence-electron chi connectivity index (χ3n) is 8.23. The zero-order chi connectivity index (χ0) is 33.1. The summed E-state index contributed by atoms with van der Waals surface area (Å²) in [6.07, 6.45) is 0.0915. The van der Waals surface area contributed by atoms with E-state index < -0.39 is 26.4 Å². The molecule has 7 heteroatoms. The second-order valence-electron chi connectivity index (χ2n) is 11.4. The molecule has 0 N–H and O–H groups in total. The third kappa shape index (κ3) is 6.11. The van der Waals surface area contributed by atoms with E-state index >= 15 is 0 Å². The first-order valence-electron chi connectivity index (χ1n) is 15.5. The van der Waals surface area contributed by atoms with Crippen LogP contribution in [0.15, 0.2) is 183 Å². The molecule has 0 radical (unpaired) electrons. The molecule has 0 unspecified atom stereocenters. The van der Waals surface area contributed by atoms with Crippen molar-refractivity contribution in [2.24, 2.45) is 0 Å². The van der Waals surface area contributed by atoms with Crippen LogP contribution >= 0.6 is 10.3 Å². The maximum atomic E-state index is 14.0. The Morgan fingerprint density at radius 1 is 0.542 bits per heavy atom. The van der Waals surface area contributed by atoms with Gasteiger partial charge in [-0.1, -0.05) is 103 Å². The largest absolute Gasteiger partial charge is 0.426 e. The molecule has 0 amide bonds. The Morgan fingerprint density at radius 2 is 1.04 bits per heavy atom. The van der Waals surface area contributed by atoms with Crippen LogP contribution < -0.4 is 4.74 Å². The molecule has 7 aromatic carbocycles. The van der Waals surface area contributed by atoms with Crippen molar-refractivity contribution in [3.63, 3.8) is 0 Å². The smallest absolute Gasteiger partial charge is 0.315 e. The number of aryl methyl sites for hydroxylation is 1. The van der Waals surface area contributed by atoms with Crippen LogP contribution in [0.5, 0.6) is 5.75 Å². The lowest BCUT2D eigenvalue weighted by Crippen LogP contribution is -2.15. The number of rotatable bonds is 9. The van der Waals surface area contributed by atoms with Crippen molar-refractivity contribution in [3.8, 4) is 5.75 Å². The molecule has 7 aromatic rings. The monoisotopic (exact) mass is 668 g/mol. The number of esters is 1. The van der Waals surface area contributed by atoms with Crippen LogP contribution in [-0.2, 0) is 25.0 Å². The Bertz CT molecular complexity index is 2300. The molecule has 0 atom stereocenters. The number of benzene rings is 7. The maximum Gasteiger partial charge on any atom is 0.315 e. The summed E-state index contributed by atoms with van der Waals surface area (Å²) >= 11 is 0. The standard InChI is InChI=1S/C41H32O5S2/c1-30-20-24-37(25-21-30)48(43,44)46-47(34-13-4-2-5-14-34,35-15-6-3-7-16-35)36-26-22-33(23-27-36)45-41(42)29-32-28-31-12-8-9-17-38(31)40-19-11-10-18-39(32)40/h2-28H,29H2,1H3. The number of carbonyl (C=O) groups excluding carboxylic acids is 1. The Morgan fingerprint density at radius 3 is 1.67 bits per heavy atom. The predicted octanol–water partition coefficient (Wildman–Crippen LogP) is 10.1. The van der Waals surface area contributed by atoms with Gasteiger partial charge in [-0.3, -0.25) is 4.79 Å². The van der Waals surface area contributed by atoms with Crippen molar-refractivity contribution in [2.75, 3.05) is 0 Å². The number of fused-ring (bicyclic) bond motifs is 3. The highest BCUT2D eigenvalue weighted by atomic mass is 32.3. The molecular weight excluding hydrogens is 637 g/mol. The highest BCUT2D eigenvalue weighted by molar-refractivity contribution is 8.33. The predicted molar refractivity (Wildman–Crippen MR) is 192 cm³/mol. The Kier molecular flexibility index (Phi) is 8.58. The molecule has 0 saturated heterocycles. The van der Waals surface area contributed by atoms with Crippen molar-refractivity contribution in [1.82, 2.24) is 0 Å². The highest BCUT2D eigenvalue weighted by Gasteiger charge is 2.38. The molecule has 0 spiro atoms. The summed E-state index contributed by atoms with van der Waals surface area (Å²) in [5.74, 6) is -0.0456. The van der Waals surface area contributed by atoms with Gasteiger partial charge in [-0.15, -0.1) is 0 Å². The lowest BCUT2D eigenvalue weighted by atomic mass is 9.96. The SMILES string of the molecule is Cc1ccc(S(=O)(=O)OS(c2ccccc2)(c2ccccc2)c2ccc(OC(=O)Cc3cc4ccccc4c4ccccc34)cc2)cc1. The molecule has 0 aliphatic carbocycles. The lowest BCUT2D eigenvalue weighted by molar-refractivity contribution is -0.133. The van der Waals surface area contributed by atoms with Crippen molar-refractivity contribution >= 4 is 47.9 Å². The van der Waals surface area contributed by atoms with Crippen LogP contribution in [-0.4, -0.2) is 14.4 Å². The minimum atomic E-state index is -4.22. The molecule has 0 aromatic heterocycles. The number of carbonyl (C=O) groups is 1. The molecule has 48 heavy (non-hydrogen) atoms. The normalized spacial score (nSPS) is 12.2. The maximum absolute atomic E-state index is 14.0. The molecule has 0 aliphatic heterocycles. The molecular formula is C41H32O5S2. The topological polar surface area (TPSA) is 69.7 Å². The average molecular weight is 669 g/mol. The van der Waals surface area contributed by atoms with Gasteiger partial charge in [-0.2, -0.15) is 8.42 Å². The fraction of sp³-hybridized carbons (Fsp3) is 0.0488. The summed E-state index contributed by atoms with van der Waals surface area (Å²) in [6.45, 7) is 1.90. The number of hydrogen-bond donors (Lipinski definition) is 0. The molecule has 0 saturated carbocycles. The molecule has 0 fully saturated rings. The van der Waals surface area contributed by atoms with E-state index in [1.165, 1.54) is 0 Å². The van der Waals surface area contributed by atoms with Crippen LogP contribution in [0.2, 0.25) is 0 Å². The summed E-state index contributed by atoms with van der Waals surface area (Å²) in [5.41, 5.74) is 1.83. The summed E-state index contributed by atoms with van der Waals surface area (Å²) in [4.78, 5) is 15.5. The van der Waals surface area contributed by atoms with E-state index in [1.807, 2.05) is 110 Å². The highest BCUT2D eigenvalue weighted by Crippen LogP contribution is 2.70. The summed E-state index contributed by atoms with van der Waals surface area (Å²) in [7, 11) is -7.04. The van der Waals surface area contributed by atoms with Gasteiger partial charge >= 0.3 is 16.1 Å². The summed E-state index contributed by atoms with van der Waals surface area (Å²) < 4.78 is 40.2. The van der Waals surface area contributed by atoms with E-state index in [4.69, 9.17) is 8.37 Å². The molecule has 0 heterocycles. The molecule has 0 bridgehead atoms. The van der Waals surface area contributed by atoms with E-state index in [9.17, 15) is 13.2 Å². The van der Waals surface area contributed by atoms with Crippen LogP contribution in [0.3, 0.4) is 0 Å². The summed E-state index contributed by atoms with van der Waals surface area (Å²) in [5, 5.41) is 4.29. The first-order valence-corrected chi connectivity index (χ1v) is 18.5. The second kappa shape index (κ2) is 13.1. The zero-order valence-corrected chi connectivity index (χ0v) is 27.8. The van der Waals surface area contributed by atoms with Crippen LogP contribution in [0, 0.1) is 6.92 Å². The average Bonchev–Trinajstić information content (AvgIpc) is 3.12. The Labute approximate surface area is 282 Å². The minimum absolute atomic E-state index is 0.0728. The number of ether oxygens (including phenoxy) is 1. The van der Waals surface area contributed by atoms with E-state index in [2.05, 4.69) is 12.1 Å². The first kappa shape index (κ1) is 31.4. The van der Waals surface area contributed by atoms with Crippen molar-refractivity contribution in [2.45, 2.75) is 32.9 Å². The minimum Gasteiger partial charge on any atom is -0.426 e. The quantitative estimate of drug-likeness (QED) is 0.0870. The molecule has 5 nitrogen and oxygen atoms in total. The lowest BCUT2D eigenvalue weighted by Gasteiger charge is -2.39. The first-order chi connectivity index (χ1) is 23.3. The van der Waals surface area contributed by atoms with Gasteiger partial charge in [0.2, 0.25) is 0 Å². The zero-order valence-electron chi connectivity index (χ0n) is 26.2. The van der Waals surface area contributed by atoms with Crippen molar-refractivity contribution in [1.29, 1.82) is 0 Å². The van der Waals surface area contributed by atoms with Gasteiger partial charge in [-0.05, 0) is 111 Å². The van der Waals surface area contributed by atoms with Gasteiger partial charge in [-0.25, -0.2) is 3.63 Å². The second-order valence-corrected chi connectivity index (χ2v) is 15.9. The number of hydrogen-bond acceptors (Lipinski definition) is 5. The fourth-order valence-electron chi connectivity index (χ4n) is 5.93. The molecule has 238 valence electrons. The van der Waals surface area contributed by atoms with Gasteiger partial charge in [0, 0.05) is 14.7 Å². The van der Waals surface area contributed by atoms with Crippen LogP contribution in [0.1, 0.15) is 11.1 Å². The molecule has 7 rings (SSSR count). The van der Waals surface area contributed by atoms with Gasteiger partial charge in [0.15, 0.2) is 0 Å². The van der Waals surface area contributed by atoms with Crippen molar-refractivity contribution < 1.29 is 21.6 Å². The van der Waals surface area contributed by atoms with Gasteiger partial charge < -0.3 is 4.74 Å². The van der Waals surface area contributed by atoms with E-state index in [1.54, 1.807) is 48.5 Å². The van der Waals surface area contributed by atoms with Crippen LogP contribution in [0.25, 0.3) is 21.5 Å². The van der Waals surface area contributed by atoms with Gasteiger partial charge in [0.1, 0.15) is 5.75 Å².